The Kier molecular flexibility index (Phi) is 4.92. The van der Waals surface area contributed by atoms with Gasteiger partial charge >= 0.3 is 0 Å². The van der Waals surface area contributed by atoms with Crippen LogP contribution >= 0.6 is 0 Å². The quantitative estimate of drug-likeness (QED) is 0.718. The number of hydrogen-bond acceptors (Lipinski definition) is 2. The Morgan fingerprint density at radius 2 is 2.40 bits per heavy atom. The molecule has 1 aromatic heterocycles. The molecule has 0 fully saturated rings. The summed E-state index contributed by atoms with van der Waals surface area (Å²) < 4.78 is 2.02. The predicted octanol–water partition coefficient (Wildman–Crippen LogP) is 1.79. The van der Waals surface area contributed by atoms with E-state index in [9.17, 15) is 0 Å². The first-order valence-electron chi connectivity index (χ1n) is 5.52. The lowest BCUT2D eigenvalue weighted by Crippen LogP contribution is -2.27. The zero-order valence-corrected chi connectivity index (χ0v) is 9.53. The van der Waals surface area contributed by atoms with Gasteiger partial charge in [-0.15, -0.1) is 6.42 Å². The molecule has 3 nitrogen and oxygen atoms in total. The van der Waals surface area contributed by atoms with E-state index in [2.05, 4.69) is 30.2 Å². The van der Waals surface area contributed by atoms with Gasteiger partial charge in [0, 0.05) is 19.3 Å². The van der Waals surface area contributed by atoms with Crippen molar-refractivity contribution in [2.24, 2.45) is 0 Å². The molecule has 1 unspecified atom stereocenters. The van der Waals surface area contributed by atoms with Gasteiger partial charge in [-0.05, 0) is 18.9 Å². The maximum atomic E-state index is 5.38. The average molecular weight is 205 g/mol. The SMILES string of the molecule is C#CC(CC)NCc1ccnn1CCC. The van der Waals surface area contributed by atoms with Gasteiger partial charge in [-0.25, -0.2) is 0 Å². The van der Waals surface area contributed by atoms with Gasteiger partial charge < -0.3 is 0 Å². The third-order valence-corrected chi connectivity index (χ3v) is 2.38. The molecule has 0 aliphatic carbocycles. The molecule has 1 N–H and O–H groups in total. The van der Waals surface area contributed by atoms with Crippen LogP contribution in [0.15, 0.2) is 12.3 Å². The monoisotopic (exact) mass is 205 g/mol. The van der Waals surface area contributed by atoms with Crippen LogP contribution in [0.4, 0.5) is 0 Å². The van der Waals surface area contributed by atoms with Crippen LogP contribution in [-0.2, 0) is 13.1 Å². The molecule has 0 spiro atoms. The second-order valence-corrected chi connectivity index (χ2v) is 3.55. The summed E-state index contributed by atoms with van der Waals surface area (Å²) >= 11 is 0. The van der Waals surface area contributed by atoms with Gasteiger partial charge in [-0.3, -0.25) is 10.00 Å². The number of nitrogens with zero attached hydrogens (tertiary/aromatic N) is 2. The van der Waals surface area contributed by atoms with Gasteiger partial charge in [0.25, 0.3) is 0 Å². The number of terminal acetylenes is 1. The molecule has 0 aromatic carbocycles. The van der Waals surface area contributed by atoms with E-state index in [0.29, 0.717) is 0 Å². The first-order chi connectivity index (χ1) is 7.31. The molecule has 15 heavy (non-hydrogen) atoms. The van der Waals surface area contributed by atoms with Gasteiger partial charge in [0.15, 0.2) is 0 Å². The Morgan fingerprint density at radius 1 is 1.60 bits per heavy atom. The summed E-state index contributed by atoms with van der Waals surface area (Å²) in [6.07, 6.45) is 9.28. The second kappa shape index (κ2) is 6.26. The van der Waals surface area contributed by atoms with E-state index < -0.39 is 0 Å². The van der Waals surface area contributed by atoms with Crippen LogP contribution in [0, 0.1) is 12.3 Å². The molecule has 0 aliphatic rings. The minimum absolute atomic E-state index is 0.162. The van der Waals surface area contributed by atoms with Crippen LogP contribution in [-0.4, -0.2) is 15.8 Å². The molecule has 1 aromatic rings. The summed E-state index contributed by atoms with van der Waals surface area (Å²) in [6.45, 7) is 6.00. The van der Waals surface area contributed by atoms with Crippen LogP contribution < -0.4 is 5.32 Å². The fraction of sp³-hybridized carbons (Fsp3) is 0.583. The van der Waals surface area contributed by atoms with Crippen molar-refractivity contribution in [3.63, 3.8) is 0 Å². The minimum atomic E-state index is 0.162. The Labute approximate surface area is 91.9 Å². The zero-order chi connectivity index (χ0) is 11.1. The van der Waals surface area contributed by atoms with E-state index >= 15 is 0 Å². The van der Waals surface area contributed by atoms with Crippen LogP contribution in [0.5, 0.6) is 0 Å². The van der Waals surface area contributed by atoms with Crippen molar-refractivity contribution in [1.82, 2.24) is 15.1 Å². The molecule has 1 atom stereocenters. The molecule has 0 radical (unpaired) electrons. The smallest absolute Gasteiger partial charge is 0.0687 e. The second-order valence-electron chi connectivity index (χ2n) is 3.55. The van der Waals surface area contributed by atoms with Gasteiger partial charge in [-0.2, -0.15) is 5.10 Å². The number of hydrogen-bond donors (Lipinski definition) is 1. The fourth-order valence-electron chi connectivity index (χ4n) is 1.47. The Morgan fingerprint density at radius 3 is 3.00 bits per heavy atom. The van der Waals surface area contributed by atoms with Gasteiger partial charge in [0.2, 0.25) is 0 Å². The lowest BCUT2D eigenvalue weighted by molar-refractivity contribution is 0.526. The van der Waals surface area contributed by atoms with Crippen molar-refractivity contribution in [2.75, 3.05) is 0 Å². The van der Waals surface area contributed by atoms with Gasteiger partial charge in [0.1, 0.15) is 0 Å². The van der Waals surface area contributed by atoms with E-state index in [1.165, 1.54) is 5.69 Å². The molecule has 82 valence electrons. The van der Waals surface area contributed by atoms with Crippen molar-refractivity contribution >= 4 is 0 Å². The lowest BCUT2D eigenvalue weighted by Gasteiger charge is -2.11. The Bertz CT molecular complexity index is 322. The van der Waals surface area contributed by atoms with Crippen molar-refractivity contribution in [3.8, 4) is 12.3 Å². The molecule has 0 saturated carbocycles. The molecule has 1 rings (SSSR count). The number of aryl methyl sites for hydroxylation is 1. The highest BCUT2D eigenvalue weighted by molar-refractivity contribution is 5.03. The summed E-state index contributed by atoms with van der Waals surface area (Å²) in [7, 11) is 0. The number of aromatic nitrogens is 2. The lowest BCUT2D eigenvalue weighted by atomic mass is 10.2. The first kappa shape index (κ1) is 11.8. The maximum Gasteiger partial charge on any atom is 0.0687 e. The fourth-order valence-corrected chi connectivity index (χ4v) is 1.47. The molecular formula is C12H19N3. The van der Waals surface area contributed by atoms with Crippen molar-refractivity contribution in [1.29, 1.82) is 0 Å². The highest BCUT2D eigenvalue weighted by atomic mass is 15.3. The maximum absolute atomic E-state index is 5.38. The van der Waals surface area contributed by atoms with Crippen LogP contribution in [0.2, 0.25) is 0 Å². The molecule has 0 aliphatic heterocycles. The molecule has 1 heterocycles. The van der Waals surface area contributed by atoms with E-state index in [1.54, 1.807) is 0 Å². The van der Waals surface area contributed by atoms with E-state index in [1.807, 2.05) is 16.9 Å². The summed E-state index contributed by atoms with van der Waals surface area (Å²) in [5.74, 6) is 2.72. The minimum Gasteiger partial charge on any atom is -0.298 e. The largest absolute Gasteiger partial charge is 0.298 e. The normalized spacial score (nSPS) is 12.3. The predicted molar refractivity (Wildman–Crippen MR) is 62.3 cm³/mol. The number of nitrogens with one attached hydrogen (secondary N) is 1. The number of rotatable bonds is 6. The average Bonchev–Trinajstić information content (AvgIpc) is 2.68. The summed E-state index contributed by atoms with van der Waals surface area (Å²) in [4.78, 5) is 0. The standard InChI is InChI=1S/C12H19N3/c1-4-9-15-12(7-8-14-15)10-13-11(5-2)6-3/h2,7-8,11,13H,4,6,9-10H2,1,3H3. The molecule has 0 bridgehead atoms. The Balaban J connectivity index is 2.50. The van der Waals surface area contributed by atoms with Crippen LogP contribution in [0.25, 0.3) is 0 Å². The van der Waals surface area contributed by atoms with Gasteiger partial charge in [0.05, 0.1) is 11.7 Å². The summed E-state index contributed by atoms with van der Waals surface area (Å²) in [6, 6.07) is 2.20. The molecule has 0 saturated heterocycles. The van der Waals surface area contributed by atoms with E-state index in [-0.39, 0.29) is 6.04 Å². The topological polar surface area (TPSA) is 29.9 Å². The third kappa shape index (κ3) is 3.41. The zero-order valence-electron chi connectivity index (χ0n) is 9.53. The van der Waals surface area contributed by atoms with E-state index in [0.717, 1.165) is 25.9 Å². The van der Waals surface area contributed by atoms with Crippen molar-refractivity contribution < 1.29 is 0 Å². The van der Waals surface area contributed by atoms with Gasteiger partial charge in [-0.1, -0.05) is 19.8 Å². The Hall–Kier alpha value is -1.27. The van der Waals surface area contributed by atoms with Crippen LogP contribution in [0.1, 0.15) is 32.4 Å². The molecule has 3 heteroatoms. The van der Waals surface area contributed by atoms with Crippen molar-refractivity contribution in [3.05, 3.63) is 18.0 Å². The summed E-state index contributed by atoms with van der Waals surface area (Å²) in [5, 5.41) is 7.58. The molecule has 0 amide bonds. The van der Waals surface area contributed by atoms with Crippen molar-refractivity contribution in [2.45, 2.75) is 45.8 Å². The highest BCUT2D eigenvalue weighted by Crippen LogP contribution is 2.01. The third-order valence-electron chi connectivity index (χ3n) is 2.38. The molecular weight excluding hydrogens is 186 g/mol. The highest BCUT2D eigenvalue weighted by Gasteiger charge is 2.04. The van der Waals surface area contributed by atoms with E-state index in [4.69, 9.17) is 6.42 Å². The summed E-state index contributed by atoms with van der Waals surface area (Å²) in [5.41, 5.74) is 1.20. The first-order valence-corrected chi connectivity index (χ1v) is 5.52. The van der Waals surface area contributed by atoms with Crippen LogP contribution in [0.3, 0.4) is 0 Å².